The van der Waals surface area contributed by atoms with Crippen molar-refractivity contribution in [3.63, 3.8) is 0 Å². The third-order valence-corrected chi connectivity index (χ3v) is 15.0. The Morgan fingerprint density at radius 1 is 0.893 bits per heavy atom. The lowest BCUT2D eigenvalue weighted by Crippen LogP contribution is -2.58. The summed E-state index contributed by atoms with van der Waals surface area (Å²) in [5, 5.41) is 19.4. The van der Waals surface area contributed by atoms with E-state index >= 15 is 0 Å². The summed E-state index contributed by atoms with van der Waals surface area (Å²) >= 11 is 1.57. The zero-order valence-corrected chi connectivity index (χ0v) is 45.5. The van der Waals surface area contributed by atoms with E-state index in [0.717, 1.165) is 74.6 Å². The molecule has 3 atom stereocenters. The van der Waals surface area contributed by atoms with E-state index in [0.29, 0.717) is 36.5 Å². The van der Waals surface area contributed by atoms with Gasteiger partial charge in [-0.05, 0) is 111 Å². The number of ether oxygens (including phenoxy) is 4. The molecule has 4 amide bonds. The minimum Gasteiger partial charge on any atom is -0.491 e. The van der Waals surface area contributed by atoms with Crippen LogP contribution in [0.2, 0.25) is 0 Å². The van der Waals surface area contributed by atoms with Crippen molar-refractivity contribution >= 4 is 46.4 Å². The van der Waals surface area contributed by atoms with E-state index in [2.05, 4.69) is 38.8 Å². The fourth-order valence-electron chi connectivity index (χ4n) is 9.94. The number of thiazole rings is 1. The van der Waals surface area contributed by atoms with E-state index in [9.17, 15) is 29.1 Å². The molecule has 0 bridgehead atoms. The molecule has 1 aliphatic carbocycles. The molecular weight excluding hydrogens is 973 g/mol. The number of nitrogens with one attached hydrogen (secondary N) is 3. The summed E-state index contributed by atoms with van der Waals surface area (Å²) in [5.74, 6) is -0.881. The number of carbonyl (C=O) groups excluding carboxylic acids is 5. The molecule has 0 saturated carbocycles. The van der Waals surface area contributed by atoms with Gasteiger partial charge in [-0.25, -0.2) is 4.98 Å². The maximum atomic E-state index is 14.0. The van der Waals surface area contributed by atoms with Crippen LogP contribution in [0.25, 0.3) is 21.6 Å². The van der Waals surface area contributed by atoms with Crippen LogP contribution in [0.1, 0.15) is 94.4 Å². The summed E-state index contributed by atoms with van der Waals surface area (Å²) in [5.41, 5.74) is 10.7. The molecule has 16 nitrogen and oxygen atoms in total. The number of aliphatic hydroxyl groups excluding tert-OH is 1. The van der Waals surface area contributed by atoms with Crippen molar-refractivity contribution in [1.82, 2.24) is 25.8 Å². The molecule has 1 aromatic heterocycles. The summed E-state index contributed by atoms with van der Waals surface area (Å²) in [6.45, 7) is 18.5. The highest BCUT2D eigenvalue weighted by molar-refractivity contribution is 7.13. The molecule has 2 saturated heterocycles. The van der Waals surface area contributed by atoms with E-state index in [1.165, 1.54) is 4.90 Å². The van der Waals surface area contributed by atoms with Crippen molar-refractivity contribution in [1.29, 1.82) is 0 Å². The number of rotatable bonds is 22. The van der Waals surface area contributed by atoms with Crippen LogP contribution in [0.3, 0.4) is 0 Å². The lowest BCUT2D eigenvalue weighted by molar-refractivity contribution is -0.144. The number of aryl methyl sites for hydroxylation is 1. The first kappa shape index (κ1) is 56.5. The second-order valence-corrected chi connectivity index (χ2v) is 21.6. The number of ketones is 1. The first-order chi connectivity index (χ1) is 35.9. The maximum absolute atomic E-state index is 14.0. The molecule has 75 heavy (non-hydrogen) atoms. The predicted molar refractivity (Wildman–Crippen MR) is 291 cm³/mol. The van der Waals surface area contributed by atoms with Crippen LogP contribution in [-0.4, -0.2) is 135 Å². The average Bonchev–Trinajstić information content (AvgIpc) is 4.01. The number of benzene rings is 3. The van der Waals surface area contributed by atoms with Gasteiger partial charge in [-0.15, -0.1) is 11.3 Å². The smallest absolute Gasteiger partial charge is 0.251 e. The minimum absolute atomic E-state index is 0.0276. The first-order valence-electron chi connectivity index (χ1n) is 26.0. The molecule has 0 spiro atoms. The number of β-amino-alcohol motifs (C(OH)–C–C–N with tert-alkyl or cyclic N) is 1. The van der Waals surface area contributed by atoms with Crippen LogP contribution >= 0.6 is 11.3 Å². The number of allylic oxidation sites excluding steroid dienone is 3. The van der Waals surface area contributed by atoms with Crippen LogP contribution in [0.5, 0.6) is 5.75 Å². The maximum Gasteiger partial charge on any atom is 0.251 e. The van der Waals surface area contributed by atoms with Crippen LogP contribution in [0.15, 0.2) is 89.0 Å². The summed E-state index contributed by atoms with van der Waals surface area (Å²) < 4.78 is 23.0. The average molecular weight is 1050 g/mol. The highest BCUT2D eigenvalue weighted by Crippen LogP contribution is 2.35. The Balaban J connectivity index is 0.866. The van der Waals surface area contributed by atoms with Crippen LogP contribution in [0.4, 0.5) is 5.69 Å². The van der Waals surface area contributed by atoms with Gasteiger partial charge in [0.25, 0.3) is 5.91 Å². The van der Waals surface area contributed by atoms with Gasteiger partial charge in [0, 0.05) is 75.1 Å². The standard InChI is InChI=1S/C58H74N6O10S/c1-9-63(44-18-20-71-21-19-44)49-29-43(28-47(38(49)4)55(68)60-32-48-37(3)26-36(2)27-51(48)66)41-14-16-46(17-15-41)74-25-24-72-22-23-73-34-52(67)62-54(58(6,7)8)57(70)64-33-45(65)30-50(64)56(69)59-31-40-10-12-42(13-11-40)53-39(5)61-35-75-53/h10-17,26,28-29,35,44-45,50,54,65H,9,18-25,27,30-34H2,1-8H3,(H,59,69)(H,60,68)(H,62,67)/t45-,50+,54-/m1/s1. The van der Waals surface area contributed by atoms with Crippen molar-refractivity contribution < 1.29 is 48.0 Å². The number of likely N-dealkylation sites (tertiary alicyclic amines) is 1. The van der Waals surface area contributed by atoms with E-state index in [4.69, 9.17) is 18.9 Å². The number of anilines is 1. The Morgan fingerprint density at radius 3 is 2.25 bits per heavy atom. The molecule has 2 fully saturated rings. The molecule has 17 heteroatoms. The van der Waals surface area contributed by atoms with Gasteiger partial charge in [0.1, 0.15) is 31.0 Å². The molecule has 0 radical (unpaired) electrons. The van der Waals surface area contributed by atoms with Crippen molar-refractivity contribution in [3.8, 4) is 27.3 Å². The number of hydrogen-bond acceptors (Lipinski definition) is 13. The predicted octanol–water partition coefficient (Wildman–Crippen LogP) is 7.29. The SMILES string of the molecule is CCN(c1cc(-c2ccc(OCCOCCOCC(=O)N[C@H](C(=O)N3C[C@H](O)C[C@H]3C(=O)NCc3ccc(-c4scnc4C)cc3)C(C)(C)C)cc2)cc(C(=O)NCC2=C(C)C=C(C)CC2=O)c1C)C1CCOCC1. The fraction of sp³-hybridized carbons (Fsp3) is 0.483. The third-order valence-electron chi connectivity index (χ3n) is 14.0. The first-order valence-corrected chi connectivity index (χ1v) is 26.9. The summed E-state index contributed by atoms with van der Waals surface area (Å²) in [4.78, 5) is 76.7. The van der Waals surface area contributed by atoms with E-state index in [1.54, 1.807) is 11.3 Å². The fourth-order valence-corrected chi connectivity index (χ4v) is 10.8. The quantitative estimate of drug-likeness (QED) is 0.0575. The minimum atomic E-state index is -0.985. The molecule has 3 aromatic carbocycles. The van der Waals surface area contributed by atoms with E-state index in [1.807, 2.05) is 115 Å². The Bertz CT molecular complexity index is 2720. The van der Waals surface area contributed by atoms with Gasteiger partial charge >= 0.3 is 0 Å². The molecule has 0 unspecified atom stereocenters. The van der Waals surface area contributed by atoms with Crippen LogP contribution < -0.4 is 25.6 Å². The van der Waals surface area contributed by atoms with Crippen molar-refractivity contribution in [2.45, 2.75) is 112 Å². The summed E-state index contributed by atoms with van der Waals surface area (Å²) in [7, 11) is 0. The van der Waals surface area contributed by atoms with Gasteiger partial charge in [0.05, 0.1) is 42.0 Å². The molecule has 4 aromatic rings. The lowest BCUT2D eigenvalue weighted by atomic mass is 9.85. The molecule has 2 aliphatic heterocycles. The van der Waals surface area contributed by atoms with Gasteiger partial charge in [-0.2, -0.15) is 0 Å². The zero-order valence-electron chi connectivity index (χ0n) is 44.7. The van der Waals surface area contributed by atoms with Gasteiger partial charge in [0.2, 0.25) is 17.7 Å². The number of hydrogen-bond donors (Lipinski definition) is 4. The lowest BCUT2D eigenvalue weighted by Gasteiger charge is -2.37. The second kappa shape index (κ2) is 26.0. The van der Waals surface area contributed by atoms with Gasteiger partial charge in [0.15, 0.2) is 5.78 Å². The highest BCUT2D eigenvalue weighted by atomic mass is 32.1. The normalized spacial score (nSPS) is 17.6. The van der Waals surface area contributed by atoms with Crippen LogP contribution in [-0.2, 0) is 39.9 Å². The Kier molecular flexibility index (Phi) is 19.6. The molecule has 7 rings (SSSR count). The number of amides is 4. The second-order valence-electron chi connectivity index (χ2n) is 20.7. The Hall–Kier alpha value is -6.24. The molecule has 4 N–H and O–H groups in total. The number of carbonyl (C=O) groups is 5. The molecular formula is C58H74N6O10S. The molecule has 402 valence electrons. The highest BCUT2D eigenvalue weighted by Gasteiger charge is 2.44. The largest absolute Gasteiger partial charge is 0.491 e. The molecule has 3 aliphatic rings. The number of aromatic nitrogens is 1. The monoisotopic (exact) mass is 1050 g/mol. The van der Waals surface area contributed by atoms with Gasteiger partial charge < -0.3 is 49.8 Å². The van der Waals surface area contributed by atoms with Gasteiger partial charge in [-0.1, -0.05) is 68.8 Å². The van der Waals surface area contributed by atoms with Gasteiger partial charge in [-0.3, -0.25) is 24.0 Å². The van der Waals surface area contributed by atoms with E-state index < -0.39 is 35.4 Å². The Labute approximate surface area is 445 Å². The summed E-state index contributed by atoms with van der Waals surface area (Å²) in [6.07, 6.45) is 3.37. The van der Waals surface area contributed by atoms with Crippen molar-refractivity contribution in [3.05, 3.63) is 111 Å². The molecule has 3 heterocycles. The third kappa shape index (κ3) is 14.8. The Morgan fingerprint density at radius 2 is 1.59 bits per heavy atom. The number of aliphatic hydroxyl groups is 1. The number of Topliss-reactive ketones (excluding diaryl/α,β-unsaturated/α-hetero) is 1. The van der Waals surface area contributed by atoms with Crippen molar-refractivity contribution in [2.24, 2.45) is 5.41 Å². The van der Waals surface area contributed by atoms with Crippen LogP contribution in [0, 0.1) is 19.3 Å². The summed E-state index contributed by atoms with van der Waals surface area (Å²) in [6, 6.07) is 18.0. The van der Waals surface area contributed by atoms with Crippen molar-refractivity contribution in [2.75, 3.05) is 70.8 Å². The topological polar surface area (TPSA) is 198 Å². The number of nitrogens with zero attached hydrogens (tertiary/aromatic N) is 3. The van der Waals surface area contributed by atoms with E-state index in [-0.39, 0.29) is 82.7 Å². The zero-order chi connectivity index (χ0) is 53.8.